The van der Waals surface area contributed by atoms with E-state index in [0.717, 1.165) is 12.8 Å². The topological polar surface area (TPSA) is 41.6 Å². The lowest BCUT2D eigenvalue weighted by Crippen LogP contribution is -2.52. The van der Waals surface area contributed by atoms with Crippen molar-refractivity contribution < 1.29 is 13.9 Å². The lowest BCUT2D eigenvalue weighted by atomic mass is 9.96. The number of likely N-dealkylation sites (N-methyl/N-ethyl adjacent to an activating group) is 1. The van der Waals surface area contributed by atoms with Crippen LogP contribution in [0, 0.1) is 5.82 Å². The maximum atomic E-state index is 13.1. The molecule has 0 bridgehead atoms. The summed E-state index contributed by atoms with van der Waals surface area (Å²) < 4.78 is 19.2. The van der Waals surface area contributed by atoms with Gasteiger partial charge in [-0.15, -0.1) is 0 Å². The number of amides is 1. The first kappa shape index (κ1) is 18.2. The molecule has 0 spiro atoms. The van der Waals surface area contributed by atoms with Gasteiger partial charge in [0.1, 0.15) is 11.6 Å². The van der Waals surface area contributed by atoms with Crippen molar-refractivity contribution in [3.63, 3.8) is 0 Å². The van der Waals surface area contributed by atoms with Gasteiger partial charge in [-0.2, -0.15) is 0 Å². The molecule has 1 aliphatic rings. The molecule has 0 saturated heterocycles. The molecule has 0 heterocycles. The number of rotatable bonds is 6. The summed E-state index contributed by atoms with van der Waals surface area (Å²) in [4.78, 5) is 14.5. The third kappa shape index (κ3) is 4.44. The normalized spacial score (nSPS) is 18.0. The number of carbonyl (C=O) groups is 1. The van der Waals surface area contributed by atoms with Crippen molar-refractivity contribution in [2.45, 2.75) is 44.2 Å². The SMILES string of the molecule is CC(Oc1ccc(F)cc1Br)C(=O)NCC1(N(C)C)CCCC1. The van der Waals surface area contributed by atoms with Crippen LogP contribution in [0.4, 0.5) is 4.39 Å². The van der Waals surface area contributed by atoms with Gasteiger partial charge in [0.05, 0.1) is 4.47 Å². The van der Waals surface area contributed by atoms with E-state index in [2.05, 4.69) is 40.2 Å². The lowest BCUT2D eigenvalue weighted by Gasteiger charge is -2.36. The Labute approximate surface area is 145 Å². The fraction of sp³-hybridized carbons (Fsp3) is 0.588. The highest BCUT2D eigenvalue weighted by Gasteiger charge is 2.36. The largest absolute Gasteiger partial charge is 0.480 e. The Morgan fingerprint density at radius 2 is 2.09 bits per heavy atom. The molecule has 0 radical (unpaired) electrons. The van der Waals surface area contributed by atoms with Gasteiger partial charge < -0.3 is 15.0 Å². The Hall–Kier alpha value is -1.14. The number of ether oxygens (including phenoxy) is 1. The van der Waals surface area contributed by atoms with E-state index in [1.165, 1.54) is 31.0 Å². The molecule has 0 aromatic heterocycles. The molecule has 1 aliphatic carbocycles. The van der Waals surface area contributed by atoms with Crippen LogP contribution in [0.5, 0.6) is 5.75 Å². The predicted octanol–water partition coefficient (Wildman–Crippen LogP) is 3.35. The number of halogens is 2. The van der Waals surface area contributed by atoms with E-state index in [9.17, 15) is 9.18 Å². The third-order valence-corrected chi connectivity index (χ3v) is 5.26. The van der Waals surface area contributed by atoms with Crippen LogP contribution in [0.25, 0.3) is 0 Å². The van der Waals surface area contributed by atoms with Crippen LogP contribution < -0.4 is 10.1 Å². The average molecular weight is 387 g/mol. The molecule has 0 aliphatic heterocycles. The van der Waals surface area contributed by atoms with Gasteiger partial charge >= 0.3 is 0 Å². The highest BCUT2D eigenvalue weighted by molar-refractivity contribution is 9.10. The Morgan fingerprint density at radius 1 is 1.43 bits per heavy atom. The fourth-order valence-corrected chi connectivity index (χ4v) is 3.47. The van der Waals surface area contributed by atoms with Crippen LogP contribution in [-0.4, -0.2) is 43.1 Å². The number of nitrogens with zero attached hydrogens (tertiary/aromatic N) is 1. The Kier molecular flexibility index (Phi) is 6.03. The van der Waals surface area contributed by atoms with Crippen LogP contribution in [0.15, 0.2) is 22.7 Å². The molecule has 4 nitrogen and oxygen atoms in total. The average Bonchev–Trinajstić information content (AvgIpc) is 2.98. The van der Waals surface area contributed by atoms with E-state index in [1.807, 2.05) is 0 Å². The molecular weight excluding hydrogens is 363 g/mol. The molecule has 1 fully saturated rings. The second kappa shape index (κ2) is 7.62. The summed E-state index contributed by atoms with van der Waals surface area (Å²) in [5.74, 6) is -0.0536. The molecule has 1 saturated carbocycles. The number of benzene rings is 1. The molecule has 6 heteroatoms. The number of hydrogen-bond donors (Lipinski definition) is 1. The van der Waals surface area contributed by atoms with Crippen molar-refractivity contribution in [2.75, 3.05) is 20.6 Å². The smallest absolute Gasteiger partial charge is 0.260 e. The van der Waals surface area contributed by atoms with Crippen LogP contribution in [-0.2, 0) is 4.79 Å². The molecule has 1 atom stereocenters. The number of carbonyl (C=O) groups excluding carboxylic acids is 1. The van der Waals surface area contributed by atoms with Crippen molar-refractivity contribution >= 4 is 21.8 Å². The summed E-state index contributed by atoms with van der Waals surface area (Å²) in [6.45, 7) is 2.32. The molecule has 1 amide bonds. The number of nitrogens with one attached hydrogen (secondary N) is 1. The van der Waals surface area contributed by atoms with E-state index >= 15 is 0 Å². The summed E-state index contributed by atoms with van der Waals surface area (Å²) in [6, 6.07) is 4.14. The van der Waals surface area contributed by atoms with Crippen molar-refractivity contribution in [3.05, 3.63) is 28.5 Å². The molecule has 23 heavy (non-hydrogen) atoms. The minimum absolute atomic E-state index is 0.0475. The van der Waals surface area contributed by atoms with Gasteiger partial charge in [-0.1, -0.05) is 12.8 Å². The molecule has 1 unspecified atom stereocenters. The van der Waals surface area contributed by atoms with Gasteiger partial charge in [0.15, 0.2) is 6.10 Å². The van der Waals surface area contributed by atoms with E-state index in [4.69, 9.17) is 4.74 Å². The quantitative estimate of drug-likeness (QED) is 0.814. The van der Waals surface area contributed by atoms with Gasteiger partial charge in [-0.05, 0) is 68.0 Å². The summed E-state index contributed by atoms with van der Waals surface area (Å²) in [6.07, 6.45) is 3.95. The second-order valence-corrected chi connectivity index (χ2v) is 7.23. The highest BCUT2D eigenvalue weighted by Crippen LogP contribution is 2.33. The van der Waals surface area contributed by atoms with Gasteiger partial charge in [-0.3, -0.25) is 4.79 Å². The maximum absolute atomic E-state index is 13.1. The Balaban J connectivity index is 1.92. The zero-order chi connectivity index (χ0) is 17.0. The van der Waals surface area contributed by atoms with Gasteiger partial charge in [0.2, 0.25) is 0 Å². The van der Waals surface area contributed by atoms with E-state index < -0.39 is 6.10 Å². The monoisotopic (exact) mass is 386 g/mol. The molecule has 1 N–H and O–H groups in total. The van der Waals surface area contributed by atoms with Crippen LogP contribution in [0.2, 0.25) is 0 Å². The van der Waals surface area contributed by atoms with Gasteiger partial charge in [0, 0.05) is 12.1 Å². The first-order valence-corrected chi connectivity index (χ1v) is 8.70. The van der Waals surface area contributed by atoms with Crippen LogP contribution >= 0.6 is 15.9 Å². The molecule has 1 aromatic carbocycles. The number of hydrogen-bond acceptors (Lipinski definition) is 3. The van der Waals surface area contributed by atoms with Gasteiger partial charge in [-0.25, -0.2) is 4.39 Å². The van der Waals surface area contributed by atoms with E-state index in [1.54, 1.807) is 6.92 Å². The zero-order valence-corrected chi connectivity index (χ0v) is 15.5. The highest BCUT2D eigenvalue weighted by atomic mass is 79.9. The first-order valence-electron chi connectivity index (χ1n) is 7.91. The van der Waals surface area contributed by atoms with Crippen LogP contribution in [0.3, 0.4) is 0 Å². The standard InChI is InChI=1S/C17H24BrFN2O2/c1-12(23-15-7-6-13(19)10-14(15)18)16(22)20-11-17(21(2)3)8-4-5-9-17/h6-7,10,12H,4-5,8-9,11H2,1-3H3,(H,20,22). The summed E-state index contributed by atoms with van der Waals surface area (Å²) >= 11 is 3.24. The fourth-order valence-electron chi connectivity index (χ4n) is 3.03. The van der Waals surface area contributed by atoms with Crippen molar-refractivity contribution in [1.29, 1.82) is 0 Å². The predicted molar refractivity (Wildman–Crippen MR) is 92.1 cm³/mol. The second-order valence-electron chi connectivity index (χ2n) is 6.38. The summed E-state index contributed by atoms with van der Waals surface area (Å²) in [5.41, 5.74) is 0.0475. The minimum Gasteiger partial charge on any atom is -0.480 e. The van der Waals surface area contributed by atoms with Crippen molar-refractivity contribution in [3.8, 4) is 5.75 Å². The summed E-state index contributed by atoms with van der Waals surface area (Å²) in [7, 11) is 4.13. The van der Waals surface area contributed by atoms with Crippen LogP contribution in [0.1, 0.15) is 32.6 Å². The van der Waals surface area contributed by atoms with Gasteiger partial charge in [0.25, 0.3) is 5.91 Å². The Bertz CT molecular complexity index is 560. The third-order valence-electron chi connectivity index (χ3n) is 4.64. The molecule has 2 rings (SSSR count). The van der Waals surface area contributed by atoms with E-state index in [-0.39, 0.29) is 17.3 Å². The van der Waals surface area contributed by atoms with E-state index in [0.29, 0.717) is 16.8 Å². The maximum Gasteiger partial charge on any atom is 0.260 e. The Morgan fingerprint density at radius 3 is 2.65 bits per heavy atom. The lowest BCUT2D eigenvalue weighted by molar-refractivity contribution is -0.127. The van der Waals surface area contributed by atoms with Crippen molar-refractivity contribution in [2.24, 2.45) is 0 Å². The summed E-state index contributed by atoms with van der Waals surface area (Å²) in [5, 5.41) is 3.00. The molecule has 1 aromatic rings. The molecule has 128 valence electrons. The van der Waals surface area contributed by atoms with Crippen molar-refractivity contribution in [1.82, 2.24) is 10.2 Å². The zero-order valence-electron chi connectivity index (χ0n) is 13.9. The minimum atomic E-state index is -0.641. The first-order chi connectivity index (χ1) is 10.8. The molecular formula is C17H24BrFN2O2.